The van der Waals surface area contributed by atoms with E-state index in [0.29, 0.717) is 25.9 Å². The topological polar surface area (TPSA) is 107 Å². The fourth-order valence-corrected chi connectivity index (χ4v) is 4.81. The van der Waals surface area contributed by atoms with Gasteiger partial charge in [0.15, 0.2) is 0 Å². The minimum absolute atomic E-state index is 0.155. The van der Waals surface area contributed by atoms with Crippen molar-refractivity contribution in [2.45, 2.75) is 37.6 Å². The molecule has 0 spiro atoms. The highest BCUT2D eigenvalue weighted by Crippen LogP contribution is 2.24. The van der Waals surface area contributed by atoms with Gasteiger partial charge in [-0.25, -0.2) is 8.42 Å². The van der Waals surface area contributed by atoms with Crippen LogP contribution in [0.4, 0.5) is 0 Å². The minimum Gasteiger partial charge on any atom is -0.508 e. The van der Waals surface area contributed by atoms with Crippen LogP contribution in [0.2, 0.25) is 0 Å². The maximum absolute atomic E-state index is 12.9. The van der Waals surface area contributed by atoms with Crippen molar-refractivity contribution in [2.75, 3.05) is 13.1 Å². The molecule has 1 heterocycles. The number of hydrogen-bond donors (Lipinski definition) is 3. The van der Waals surface area contributed by atoms with Gasteiger partial charge in [-0.15, -0.1) is 0 Å². The van der Waals surface area contributed by atoms with Gasteiger partial charge in [0.25, 0.3) is 5.91 Å². The number of carbonyl (C=O) groups excluding carboxylic acids is 1. The summed E-state index contributed by atoms with van der Waals surface area (Å²) in [7, 11) is -3.56. The predicted molar refractivity (Wildman–Crippen MR) is 105 cm³/mol. The zero-order valence-electron chi connectivity index (χ0n) is 15.8. The van der Waals surface area contributed by atoms with Crippen molar-refractivity contribution in [1.82, 2.24) is 9.62 Å². The standard InChI is InChI=1S/C20H24N2O5S/c1-13-3-4-19(9-14(13)2)28(26,27)22-7-5-16(6-8-22)21-20(25)15-10-17(23)12-18(24)11-15/h3-4,9-12,16,23-24H,5-8H2,1-2H3,(H,21,25). The highest BCUT2D eigenvalue weighted by atomic mass is 32.2. The minimum atomic E-state index is -3.56. The molecule has 0 atom stereocenters. The molecule has 0 bridgehead atoms. The number of sulfonamides is 1. The third kappa shape index (κ3) is 4.28. The second-order valence-corrected chi connectivity index (χ2v) is 9.07. The molecule has 150 valence electrons. The van der Waals surface area contributed by atoms with Crippen LogP contribution in [0.3, 0.4) is 0 Å². The van der Waals surface area contributed by atoms with Crippen molar-refractivity contribution in [3.05, 3.63) is 53.1 Å². The molecule has 28 heavy (non-hydrogen) atoms. The fraction of sp³-hybridized carbons (Fsp3) is 0.350. The van der Waals surface area contributed by atoms with Gasteiger partial charge in [-0.2, -0.15) is 4.31 Å². The molecule has 7 nitrogen and oxygen atoms in total. The molecule has 1 fully saturated rings. The van der Waals surface area contributed by atoms with Gasteiger partial charge < -0.3 is 15.5 Å². The zero-order valence-corrected chi connectivity index (χ0v) is 16.7. The first-order valence-electron chi connectivity index (χ1n) is 9.08. The molecule has 0 aliphatic carbocycles. The van der Waals surface area contributed by atoms with Crippen LogP contribution in [0.5, 0.6) is 11.5 Å². The molecular weight excluding hydrogens is 380 g/mol. The Balaban J connectivity index is 1.63. The van der Waals surface area contributed by atoms with Crippen molar-refractivity contribution < 1.29 is 23.4 Å². The first-order chi connectivity index (χ1) is 13.2. The molecule has 0 saturated carbocycles. The van der Waals surface area contributed by atoms with E-state index in [1.807, 2.05) is 13.8 Å². The van der Waals surface area contributed by atoms with Gasteiger partial charge in [-0.05, 0) is 62.1 Å². The van der Waals surface area contributed by atoms with Crippen LogP contribution in [0.25, 0.3) is 0 Å². The fourth-order valence-electron chi connectivity index (χ4n) is 3.26. The predicted octanol–water partition coefficient (Wildman–Crippen LogP) is 2.30. The van der Waals surface area contributed by atoms with Crippen LogP contribution in [0, 0.1) is 13.8 Å². The van der Waals surface area contributed by atoms with E-state index in [1.165, 1.54) is 16.4 Å². The summed E-state index contributed by atoms with van der Waals surface area (Å²) in [6.07, 6.45) is 0.973. The summed E-state index contributed by atoms with van der Waals surface area (Å²) in [5.41, 5.74) is 2.12. The number of rotatable bonds is 4. The monoisotopic (exact) mass is 404 g/mol. The Hall–Kier alpha value is -2.58. The second kappa shape index (κ2) is 7.81. The van der Waals surface area contributed by atoms with Crippen LogP contribution in [-0.2, 0) is 10.0 Å². The van der Waals surface area contributed by atoms with Gasteiger partial charge in [-0.1, -0.05) is 6.07 Å². The van der Waals surface area contributed by atoms with Gasteiger partial charge in [-0.3, -0.25) is 4.79 Å². The lowest BCUT2D eigenvalue weighted by Gasteiger charge is -2.31. The summed E-state index contributed by atoms with van der Waals surface area (Å²) in [5.74, 6) is -0.805. The summed E-state index contributed by atoms with van der Waals surface area (Å²) < 4.78 is 27.2. The number of phenolic OH excluding ortho intramolecular Hbond substituents is 2. The number of phenols is 2. The Kier molecular flexibility index (Phi) is 5.62. The average molecular weight is 404 g/mol. The number of aryl methyl sites for hydroxylation is 2. The van der Waals surface area contributed by atoms with E-state index in [1.54, 1.807) is 18.2 Å². The van der Waals surface area contributed by atoms with E-state index in [-0.39, 0.29) is 28.0 Å². The summed E-state index contributed by atoms with van der Waals surface area (Å²) in [4.78, 5) is 12.6. The third-order valence-corrected chi connectivity index (χ3v) is 6.96. The number of nitrogens with zero attached hydrogens (tertiary/aromatic N) is 1. The number of benzene rings is 2. The first kappa shape index (κ1) is 20.2. The number of aromatic hydroxyl groups is 2. The van der Waals surface area contributed by atoms with Crippen molar-refractivity contribution in [1.29, 1.82) is 0 Å². The van der Waals surface area contributed by atoms with Crippen molar-refractivity contribution >= 4 is 15.9 Å². The Morgan fingerprint density at radius 3 is 2.18 bits per heavy atom. The normalized spacial score (nSPS) is 16.1. The summed E-state index contributed by atoms with van der Waals surface area (Å²) in [6.45, 7) is 4.44. The van der Waals surface area contributed by atoms with Crippen molar-refractivity contribution in [3.63, 3.8) is 0 Å². The number of nitrogens with one attached hydrogen (secondary N) is 1. The van der Waals surface area contributed by atoms with Gasteiger partial charge in [0.2, 0.25) is 10.0 Å². The largest absolute Gasteiger partial charge is 0.508 e. The maximum Gasteiger partial charge on any atom is 0.251 e. The molecule has 2 aromatic carbocycles. The van der Waals surface area contributed by atoms with Crippen LogP contribution in [0.1, 0.15) is 34.3 Å². The smallest absolute Gasteiger partial charge is 0.251 e. The third-order valence-electron chi connectivity index (χ3n) is 5.07. The van der Waals surface area contributed by atoms with Gasteiger partial charge in [0.05, 0.1) is 4.90 Å². The molecular formula is C20H24N2O5S. The van der Waals surface area contributed by atoms with Crippen LogP contribution in [-0.4, -0.2) is 48.0 Å². The number of carbonyl (C=O) groups is 1. The molecule has 0 aromatic heterocycles. The van der Waals surface area contributed by atoms with E-state index in [0.717, 1.165) is 17.2 Å². The highest BCUT2D eigenvalue weighted by Gasteiger charge is 2.30. The summed E-state index contributed by atoms with van der Waals surface area (Å²) >= 11 is 0. The van der Waals surface area contributed by atoms with Gasteiger partial charge in [0.1, 0.15) is 11.5 Å². The Morgan fingerprint density at radius 1 is 1.00 bits per heavy atom. The van der Waals surface area contributed by atoms with Crippen molar-refractivity contribution in [3.8, 4) is 11.5 Å². The second-order valence-electron chi connectivity index (χ2n) is 7.14. The molecule has 1 saturated heterocycles. The van der Waals surface area contributed by atoms with Crippen LogP contribution >= 0.6 is 0 Å². The van der Waals surface area contributed by atoms with E-state index in [2.05, 4.69) is 5.32 Å². The van der Waals surface area contributed by atoms with E-state index < -0.39 is 15.9 Å². The molecule has 1 aliphatic rings. The van der Waals surface area contributed by atoms with Crippen LogP contribution < -0.4 is 5.32 Å². The number of hydrogen-bond acceptors (Lipinski definition) is 5. The molecule has 1 amide bonds. The number of amides is 1. The van der Waals surface area contributed by atoms with Crippen molar-refractivity contribution in [2.24, 2.45) is 0 Å². The summed E-state index contributed by atoms with van der Waals surface area (Å²) in [6, 6.07) is 8.63. The lowest BCUT2D eigenvalue weighted by molar-refractivity contribution is 0.0923. The van der Waals surface area contributed by atoms with Gasteiger partial charge in [0, 0.05) is 30.8 Å². The highest BCUT2D eigenvalue weighted by molar-refractivity contribution is 7.89. The molecule has 3 rings (SSSR count). The van der Waals surface area contributed by atoms with Gasteiger partial charge >= 0.3 is 0 Å². The molecule has 0 unspecified atom stereocenters. The Bertz CT molecular complexity index is 975. The number of piperidine rings is 1. The molecule has 2 aromatic rings. The first-order valence-corrected chi connectivity index (χ1v) is 10.5. The van der Waals surface area contributed by atoms with E-state index >= 15 is 0 Å². The molecule has 3 N–H and O–H groups in total. The molecule has 0 radical (unpaired) electrons. The zero-order chi connectivity index (χ0) is 20.5. The average Bonchev–Trinajstić information content (AvgIpc) is 2.63. The quantitative estimate of drug-likeness (QED) is 0.725. The SMILES string of the molecule is Cc1ccc(S(=O)(=O)N2CCC(NC(=O)c3cc(O)cc(O)c3)CC2)cc1C. The Morgan fingerprint density at radius 2 is 1.61 bits per heavy atom. The molecule has 1 aliphatic heterocycles. The molecule has 8 heteroatoms. The lowest BCUT2D eigenvalue weighted by atomic mass is 10.1. The van der Waals surface area contributed by atoms with Crippen LogP contribution in [0.15, 0.2) is 41.3 Å². The summed E-state index contributed by atoms with van der Waals surface area (Å²) in [5, 5.41) is 21.8. The maximum atomic E-state index is 12.9. The van der Waals surface area contributed by atoms with E-state index in [9.17, 15) is 23.4 Å². The Labute approximate surface area is 164 Å². The lowest BCUT2D eigenvalue weighted by Crippen LogP contribution is -2.46. The van der Waals surface area contributed by atoms with E-state index in [4.69, 9.17) is 0 Å².